The number of amides is 1. The normalized spacial score (nSPS) is 19.1. The first-order valence-electron chi connectivity index (χ1n) is 7.12. The van der Waals surface area contributed by atoms with Gasteiger partial charge in [0.2, 0.25) is 5.91 Å². The first-order valence-corrected chi connectivity index (χ1v) is 7.12. The second-order valence-corrected chi connectivity index (χ2v) is 5.34. The molecule has 1 aliphatic heterocycles. The van der Waals surface area contributed by atoms with Gasteiger partial charge in [-0.15, -0.1) is 0 Å². The van der Waals surface area contributed by atoms with E-state index in [1.807, 2.05) is 7.05 Å². The molecule has 1 fully saturated rings. The highest BCUT2D eigenvalue weighted by atomic mass is 19.1. The Balaban J connectivity index is 2.16. The molecule has 2 rings (SSSR count). The average molecular weight is 294 g/mol. The van der Waals surface area contributed by atoms with Crippen LogP contribution in [0.3, 0.4) is 0 Å². The van der Waals surface area contributed by atoms with E-state index in [-0.39, 0.29) is 17.5 Å². The molecular weight excluding hydrogens is 274 g/mol. The summed E-state index contributed by atoms with van der Waals surface area (Å²) in [6.07, 6.45) is 3.39. The quantitative estimate of drug-likeness (QED) is 0.866. The van der Waals surface area contributed by atoms with Gasteiger partial charge in [-0.25, -0.2) is 8.78 Å². The van der Waals surface area contributed by atoms with Gasteiger partial charge in [0.25, 0.3) is 0 Å². The van der Waals surface area contributed by atoms with E-state index >= 15 is 0 Å². The maximum Gasteiger partial charge on any atom is 0.247 e. The highest BCUT2D eigenvalue weighted by Crippen LogP contribution is 2.21. The molecule has 0 aliphatic carbocycles. The predicted octanol–water partition coefficient (Wildman–Crippen LogP) is 2.58. The molecule has 1 unspecified atom stereocenters. The summed E-state index contributed by atoms with van der Waals surface area (Å²) in [5.41, 5.74) is 0.765. The Morgan fingerprint density at radius 2 is 2.24 bits per heavy atom. The van der Waals surface area contributed by atoms with Crippen molar-refractivity contribution in [2.45, 2.75) is 25.8 Å². The summed E-state index contributed by atoms with van der Waals surface area (Å²) >= 11 is 0. The lowest BCUT2D eigenvalue weighted by atomic mass is 10.1. The minimum atomic E-state index is -0.648. The third kappa shape index (κ3) is 3.67. The van der Waals surface area contributed by atoms with Gasteiger partial charge in [-0.05, 0) is 44.5 Å². The van der Waals surface area contributed by atoms with Gasteiger partial charge < -0.3 is 10.2 Å². The van der Waals surface area contributed by atoms with Crippen molar-refractivity contribution in [3.8, 4) is 0 Å². The molecule has 1 aromatic carbocycles. The summed E-state index contributed by atoms with van der Waals surface area (Å²) in [6, 6.07) is 3.57. The van der Waals surface area contributed by atoms with Gasteiger partial charge in [0, 0.05) is 36.8 Å². The Hall–Kier alpha value is -1.75. The highest BCUT2D eigenvalue weighted by Gasteiger charge is 2.27. The Morgan fingerprint density at radius 3 is 2.90 bits per heavy atom. The lowest BCUT2D eigenvalue weighted by molar-refractivity contribution is -0.126. The number of carbonyl (C=O) groups excluding carboxylic acids is 1. The number of nitrogens with zero attached hydrogens (tertiary/aromatic N) is 1. The van der Waals surface area contributed by atoms with Crippen molar-refractivity contribution in [1.29, 1.82) is 0 Å². The third-order valence-corrected chi connectivity index (χ3v) is 3.80. The molecule has 1 amide bonds. The van der Waals surface area contributed by atoms with E-state index in [0.29, 0.717) is 5.57 Å². The largest absolute Gasteiger partial charge is 0.335 e. The predicted molar refractivity (Wildman–Crippen MR) is 78.7 cm³/mol. The fraction of sp³-hybridized carbons (Fsp3) is 0.438. The third-order valence-electron chi connectivity index (χ3n) is 3.80. The lowest BCUT2D eigenvalue weighted by Gasteiger charge is -2.23. The molecule has 0 bridgehead atoms. The Morgan fingerprint density at radius 1 is 1.48 bits per heavy atom. The fourth-order valence-corrected chi connectivity index (χ4v) is 2.73. The minimum absolute atomic E-state index is 0.117. The minimum Gasteiger partial charge on any atom is -0.335 e. The van der Waals surface area contributed by atoms with Crippen molar-refractivity contribution in [2.24, 2.45) is 0 Å². The topological polar surface area (TPSA) is 32.3 Å². The van der Waals surface area contributed by atoms with Gasteiger partial charge in [0.1, 0.15) is 11.6 Å². The number of hydrogen-bond acceptors (Lipinski definition) is 2. The van der Waals surface area contributed by atoms with E-state index in [0.717, 1.165) is 32.0 Å². The summed E-state index contributed by atoms with van der Waals surface area (Å²) in [4.78, 5) is 14.1. The first-order chi connectivity index (χ1) is 10.0. The van der Waals surface area contributed by atoms with E-state index in [2.05, 4.69) is 5.32 Å². The molecule has 3 nitrogen and oxygen atoms in total. The molecule has 114 valence electrons. The van der Waals surface area contributed by atoms with E-state index in [1.165, 1.54) is 18.2 Å². The van der Waals surface area contributed by atoms with Crippen LogP contribution in [0.25, 0.3) is 5.57 Å². The average Bonchev–Trinajstić information content (AvgIpc) is 2.87. The molecule has 1 aromatic rings. The Kier molecular flexibility index (Phi) is 5.07. The van der Waals surface area contributed by atoms with Crippen LogP contribution in [0, 0.1) is 11.6 Å². The van der Waals surface area contributed by atoms with Crippen LogP contribution in [0.15, 0.2) is 24.3 Å². The molecule has 1 heterocycles. The van der Waals surface area contributed by atoms with Crippen LogP contribution < -0.4 is 5.32 Å². The smallest absolute Gasteiger partial charge is 0.247 e. The van der Waals surface area contributed by atoms with E-state index in [4.69, 9.17) is 0 Å². The van der Waals surface area contributed by atoms with Crippen LogP contribution in [-0.4, -0.2) is 37.0 Å². The summed E-state index contributed by atoms with van der Waals surface area (Å²) in [7, 11) is 1.86. The van der Waals surface area contributed by atoms with Gasteiger partial charge in [-0.3, -0.25) is 4.79 Å². The molecule has 1 N–H and O–H groups in total. The van der Waals surface area contributed by atoms with E-state index in [1.54, 1.807) is 11.8 Å². The van der Waals surface area contributed by atoms with Gasteiger partial charge >= 0.3 is 0 Å². The highest BCUT2D eigenvalue weighted by molar-refractivity contribution is 5.95. The maximum absolute atomic E-state index is 13.7. The van der Waals surface area contributed by atoms with E-state index in [9.17, 15) is 13.6 Å². The van der Waals surface area contributed by atoms with Crippen molar-refractivity contribution in [3.05, 3.63) is 41.5 Å². The molecule has 0 spiro atoms. The number of hydrogen-bond donors (Lipinski definition) is 1. The molecule has 0 radical (unpaired) electrons. The van der Waals surface area contributed by atoms with Crippen LogP contribution >= 0.6 is 0 Å². The fourth-order valence-electron chi connectivity index (χ4n) is 2.73. The molecular formula is C16H20F2N2O. The Labute approximate surface area is 123 Å². The number of rotatable bonds is 4. The van der Waals surface area contributed by atoms with Gasteiger partial charge in [-0.1, -0.05) is 0 Å². The molecule has 0 aromatic heterocycles. The number of allylic oxidation sites excluding steroid dienone is 1. The SMILES string of the molecule is CNCC1CCCN1C(=O)C=C(C)c1ccc(F)cc1F. The van der Waals surface area contributed by atoms with Crippen LogP contribution in [0.2, 0.25) is 0 Å². The molecule has 1 aliphatic rings. The van der Waals surface area contributed by atoms with Crippen molar-refractivity contribution >= 4 is 11.5 Å². The molecule has 21 heavy (non-hydrogen) atoms. The van der Waals surface area contributed by atoms with Crippen molar-refractivity contribution < 1.29 is 13.6 Å². The summed E-state index contributed by atoms with van der Waals surface area (Å²) < 4.78 is 26.6. The molecule has 5 heteroatoms. The number of likely N-dealkylation sites (tertiary alicyclic amines) is 1. The van der Waals surface area contributed by atoms with E-state index < -0.39 is 11.6 Å². The summed E-state index contributed by atoms with van der Waals surface area (Å²) in [5.74, 6) is -1.39. The van der Waals surface area contributed by atoms with Crippen LogP contribution in [0.1, 0.15) is 25.3 Å². The number of likely N-dealkylation sites (N-methyl/N-ethyl adjacent to an activating group) is 1. The summed E-state index contributed by atoms with van der Waals surface area (Å²) in [6.45, 7) is 3.14. The lowest BCUT2D eigenvalue weighted by Crippen LogP contribution is -2.40. The summed E-state index contributed by atoms with van der Waals surface area (Å²) in [5, 5.41) is 3.08. The van der Waals surface area contributed by atoms with Gasteiger partial charge in [-0.2, -0.15) is 0 Å². The zero-order chi connectivity index (χ0) is 15.4. The van der Waals surface area contributed by atoms with Crippen LogP contribution in [0.4, 0.5) is 8.78 Å². The molecule has 1 atom stereocenters. The molecule has 1 saturated heterocycles. The van der Waals surface area contributed by atoms with Crippen molar-refractivity contribution in [2.75, 3.05) is 20.1 Å². The maximum atomic E-state index is 13.7. The van der Waals surface area contributed by atoms with Crippen LogP contribution in [0.5, 0.6) is 0 Å². The zero-order valence-electron chi connectivity index (χ0n) is 12.3. The first kappa shape index (κ1) is 15.6. The standard InChI is InChI=1S/C16H20F2N2O/c1-11(14-6-5-12(17)9-15(14)18)8-16(21)20-7-3-4-13(20)10-19-2/h5-6,8-9,13,19H,3-4,7,10H2,1-2H3. The monoisotopic (exact) mass is 294 g/mol. The van der Waals surface area contributed by atoms with Gasteiger partial charge in [0.15, 0.2) is 0 Å². The molecule has 0 saturated carbocycles. The second kappa shape index (κ2) is 6.80. The van der Waals surface area contributed by atoms with Crippen molar-refractivity contribution in [3.63, 3.8) is 0 Å². The van der Waals surface area contributed by atoms with Gasteiger partial charge in [0.05, 0.1) is 0 Å². The number of nitrogens with one attached hydrogen (secondary N) is 1. The van der Waals surface area contributed by atoms with Crippen LogP contribution in [-0.2, 0) is 4.79 Å². The second-order valence-electron chi connectivity index (χ2n) is 5.34. The number of carbonyl (C=O) groups is 1. The number of benzene rings is 1. The number of halogens is 2. The zero-order valence-corrected chi connectivity index (χ0v) is 12.3. The van der Waals surface area contributed by atoms with Crippen molar-refractivity contribution in [1.82, 2.24) is 10.2 Å². The Bertz CT molecular complexity index is 557.